The van der Waals surface area contributed by atoms with Crippen LogP contribution < -0.4 is 9.47 Å². The molecule has 1 fully saturated rings. The van der Waals surface area contributed by atoms with Crippen LogP contribution in [-0.2, 0) is 22.4 Å². The smallest absolute Gasteiger partial charge is 0.303 e. The molecular formula is C20H28O10. The van der Waals surface area contributed by atoms with E-state index < -0.39 is 55.0 Å². The number of ether oxygens (including phenoxy) is 3. The molecule has 0 radical (unpaired) electrons. The fourth-order valence-electron chi connectivity index (χ4n) is 3.55. The van der Waals surface area contributed by atoms with Gasteiger partial charge in [-0.3, -0.25) is 4.79 Å². The Hall–Kier alpha value is -1.95. The summed E-state index contributed by atoms with van der Waals surface area (Å²) >= 11 is 0. The highest BCUT2D eigenvalue weighted by Gasteiger charge is 2.45. The van der Waals surface area contributed by atoms with Crippen molar-refractivity contribution in [1.82, 2.24) is 0 Å². The van der Waals surface area contributed by atoms with E-state index in [0.29, 0.717) is 17.7 Å². The third-order valence-electron chi connectivity index (χ3n) is 5.41. The number of hydrogen-bond acceptors (Lipinski definition) is 9. The zero-order chi connectivity index (χ0) is 22.2. The molecule has 2 heterocycles. The van der Waals surface area contributed by atoms with E-state index in [-0.39, 0.29) is 18.6 Å². The summed E-state index contributed by atoms with van der Waals surface area (Å²) in [6, 6.07) is 3.25. The first-order valence-electron chi connectivity index (χ1n) is 9.75. The van der Waals surface area contributed by atoms with E-state index >= 15 is 0 Å². The highest BCUT2D eigenvalue weighted by molar-refractivity contribution is 5.67. The van der Waals surface area contributed by atoms with E-state index in [1.807, 2.05) is 0 Å². The average Bonchev–Trinajstić information content (AvgIpc) is 3.09. The summed E-state index contributed by atoms with van der Waals surface area (Å²) in [5.74, 6) is -0.378. The summed E-state index contributed by atoms with van der Waals surface area (Å²) in [4.78, 5) is 11.1. The number of carboxylic acids is 1. The van der Waals surface area contributed by atoms with E-state index in [2.05, 4.69) is 0 Å². The Balaban J connectivity index is 1.88. The summed E-state index contributed by atoms with van der Waals surface area (Å²) in [5.41, 5.74) is 0.204. The zero-order valence-corrected chi connectivity index (χ0v) is 16.8. The number of aryl methyl sites for hydroxylation is 1. The molecule has 3 rings (SSSR count). The molecule has 0 spiro atoms. The second-order valence-corrected chi connectivity index (χ2v) is 8.24. The normalized spacial score (nSPS) is 31.2. The monoisotopic (exact) mass is 428 g/mol. The summed E-state index contributed by atoms with van der Waals surface area (Å²) in [6.07, 6.45) is -7.38. The molecule has 1 aromatic carbocycles. The predicted molar refractivity (Wildman–Crippen MR) is 101 cm³/mol. The number of fused-ring (bicyclic) bond motifs is 1. The van der Waals surface area contributed by atoms with Gasteiger partial charge in [0.1, 0.15) is 42.0 Å². The second-order valence-electron chi connectivity index (χ2n) is 8.24. The van der Waals surface area contributed by atoms with Gasteiger partial charge in [-0.25, -0.2) is 0 Å². The first kappa shape index (κ1) is 22.7. The van der Waals surface area contributed by atoms with Crippen molar-refractivity contribution in [1.29, 1.82) is 0 Å². The first-order chi connectivity index (χ1) is 14.0. The minimum atomic E-state index is -1.60. The maximum atomic E-state index is 11.1. The standard InChI is InChI=1S/C20H28O10/c1-20(2,27)14-6-10-5-9(3-4-15(22)23)11(7-12(10)28-14)29-19-18(26)17(25)16(24)13(8-21)30-19/h5,7,13-14,16-19,21,24-27H,3-4,6,8H2,1-2H3,(H,22,23)/t13-,14+,16-,17+,18-,19-/m1/s1. The van der Waals surface area contributed by atoms with Crippen LogP contribution in [0.2, 0.25) is 0 Å². The lowest BCUT2D eigenvalue weighted by Gasteiger charge is -2.39. The van der Waals surface area contributed by atoms with Crippen molar-refractivity contribution >= 4 is 5.97 Å². The van der Waals surface area contributed by atoms with Crippen molar-refractivity contribution in [2.45, 2.75) is 75.5 Å². The molecule has 1 saturated heterocycles. The van der Waals surface area contributed by atoms with Gasteiger partial charge in [-0.15, -0.1) is 0 Å². The largest absolute Gasteiger partial charge is 0.487 e. The third-order valence-corrected chi connectivity index (χ3v) is 5.41. The van der Waals surface area contributed by atoms with Crippen LogP contribution in [0.25, 0.3) is 0 Å². The molecule has 6 N–H and O–H groups in total. The molecule has 10 nitrogen and oxygen atoms in total. The lowest BCUT2D eigenvalue weighted by molar-refractivity contribution is -0.277. The van der Waals surface area contributed by atoms with E-state index in [9.17, 15) is 30.3 Å². The van der Waals surface area contributed by atoms with Crippen molar-refractivity contribution in [3.63, 3.8) is 0 Å². The molecule has 2 aliphatic heterocycles. The Bertz CT molecular complexity index is 772. The van der Waals surface area contributed by atoms with Gasteiger partial charge in [0.05, 0.1) is 12.2 Å². The Morgan fingerprint density at radius 1 is 1.20 bits per heavy atom. The van der Waals surface area contributed by atoms with Crippen molar-refractivity contribution in [3.05, 3.63) is 23.3 Å². The van der Waals surface area contributed by atoms with Gasteiger partial charge in [-0.05, 0) is 37.5 Å². The fraction of sp³-hybridized carbons (Fsp3) is 0.650. The van der Waals surface area contributed by atoms with Crippen LogP contribution in [0, 0.1) is 0 Å². The molecular weight excluding hydrogens is 400 g/mol. The van der Waals surface area contributed by atoms with Gasteiger partial charge in [0.15, 0.2) is 0 Å². The highest BCUT2D eigenvalue weighted by atomic mass is 16.7. The lowest BCUT2D eigenvalue weighted by Crippen LogP contribution is -2.60. The van der Waals surface area contributed by atoms with Gasteiger partial charge in [-0.2, -0.15) is 0 Å². The van der Waals surface area contributed by atoms with Crippen LogP contribution in [0.3, 0.4) is 0 Å². The number of aliphatic hydroxyl groups excluding tert-OH is 4. The summed E-state index contributed by atoms with van der Waals surface area (Å²) in [6.45, 7) is 2.65. The molecule has 168 valence electrons. The van der Waals surface area contributed by atoms with Gasteiger partial charge < -0.3 is 44.8 Å². The molecule has 0 aliphatic carbocycles. The quantitative estimate of drug-likeness (QED) is 0.316. The van der Waals surface area contributed by atoms with Crippen LogP contribution in [0.4, 0.5) is 0 Å². The zero-order valence-electron chi connectivity index (χ0n) is 16.8. The van der Waals surface area contributed by atoms with Crippen LogP contribution in [0.5, 0.6) is 11.5 Å². The number of carboxylic acid groups (broad SMARTS) is 1. The van der Waals surface area contributed by atoms with Crippen LogP contribution in [0.15, 0.2) is 12.1 Å². The molecule has 0 unspecified atom stereocenters. The van der Waals surface area contributed by atoms with E-state index in [1.54, 1.807) is 19.9 Å². The van der Waals surface area contributed by atoms with Crippen LogP contribution in [0.1, 0.15) is 31.4 Å². The molecule has 0 bridgehead atoms. The van der Waals surface area contributed by atoms with Gasteiger partial charge in [0, 0.05) is 18.9 Å². The Kier molecular flexibility index (Phi) is 6.56. The number of rotatable bonds is 7. The summed E-state index contributed by atoms with van der Waals surface area (Å²) in [7, 11) is 0. The fourth-order valence-corrected chi connectivity index (χ4v) is 3.55. The van der Waals surface area contributed by atoms with Gasteiger partial charge in [0.25, 0.3) is 0 Å². The third kappa shape index (κ3) is 4.69. The maximum Gasteiger partial charge on any atom is 0.303 e. The number of benzene rings is 1. The Morgan fingerprint density at radius 2 is 1.90 bits per heavy atom. The predicted octanol–water partition coefficient (Wildman–Crippen LogP) is -1.04. The lowest BCUT2D eigenvalue weighted by atomic mass is 9.95. The summed E-state index contributed by atoms with van der Waals surface area (Å²) < 4.78 is 16.9. The average molecular weight is 428 g/mol. The highest BCUT2D eigenvalue weighted by Crippen LogP contribution is 2.39. The van der Waals surface area contributed by atoms with E-state index in [4.69, 9.17) is 19.3 Å². The Labute approximate surface area is 173 Å². The topological polar surface area (TPSA) is 166 Å². The Morgan fingerprint density at radius 3 is 2.50 bits per heavy atom. The molecule has 10 heteroatoms. The number of hydrogen-bond donors (Lipinski definition) is 6. The van der Waals surface area contributed by atoms with Crippen LogP contribution >= 0.6 is 0 Å². The number of carbonyl (C=O) groups is 1. The first-order valence-corrected chi connectivity index (χ1v) is 9.75. The minimum absolute atomic E-state index is 0.128. The number of aliphatic hydroxyl groups is 5. The van der Waals surface area contributed by atoms with Crippen molar-refractivity contribution < 1.29 is 49.6 Å². The van der Waals surface area contributed by atoms with Gasteiger partial charge >= 0.3 is 5.97 Å². The van der Waals surface area contributed by atoms with Crippen molar-refractivity contribution in [2.24, 2.45) is 0 Å². The van der Waals surface area contributed by atoms with Crippen molar-refractivity contribution in [2.75, 3.05) is 6.61 Å². The van der Waals surface area contributed by atoms with Gasteiger partial charge in [-0.1, -0.05) is 0 Å². The molecule has 0 aromatic heterocycles. The number of aliphatic carboxylic acids is 1. The molecule has 6 atom stereocenters. The van der Waals surface area contributed by atoms with E-state index in [1.165, 1.54) is 6.07 Å². The maximum absolute atomic E-state index is 11.1. The van der Waals surface area contributed by atoms with E-state index in [0.717, 1.165) is 5.56 Å². The van der Waals surface area contributed by atoms with Crippen molar-refractivity contribution in [3.8, 4) is 11.5 Å². The minimum Gasteiger partial charge on any atom is -0.487 e. The molecule has 2 aliphatic rings. The van der Waals surface area contributed by atoms with Crippen LogP contribution in [-0.4, -0.2) is 85.6 Å². The molecule has 0 amide bonds. The molecule has 30 heavy (non-hydrogen) atoms. The van der Waals surface area contributed by atoms with Gasteiger partial charge in [0.2, 0.25) is 6.29 Å². The molecule has 0 saturated carbocycles. The summed E-state index contributed by atoms with van der Waals surface area (Å²) in [5, 5.41) is 58.8. The molecule has 1 aromatic rings. The second kappa shape index (κ2) is 8.66. The SMILES string of the molecule is CC(C)(O)[C@@H]1Cc2cc(CCC(=O)O)c(O[C@@H]3O[C@H](CO)[C@@H](O)[C@H](O)[C@H]3O)cc2O1.